The molecular formula is C15H21N3O3. The summed E-state index contributed by atoms with van der Waals surface area (Å²) in [5, 5.41) is 5.54. The molecule has 114 valence electrons. The van der Waals surface area contributed by atoms with E-state index in [0.29, 0.717) is 0 Å². The third-order valence-electron chi connectivity index (χ3n) is 3.98. The van der Waals surface area contributed by atoms with Crippen molar-refractivity contribution >= 4 is 11.8 Å². The van der Waals surface area contributed by atoms with Gasteiger partial charge in [-0.25, -0.2) is 0 Å². The van der Waals surface area contributed by atoms with Crippen LogP contribution in [0.25, 0.3) is 0 Å². The summed E-state index contributed by atoms with van der Waals surface area (Å²) < 4.78 is 0. The minimum absolute atomic E-state index is 0.0270. The van der Waals surface area contributed by atoms with Gasteiger partial charge in [0.25, 0.3) is 11.5 Å². The Bertz CT molecular complexity index is 586. The number of aryl methyl sites for hydroxylation is 1. The normalized spacial score (nSPS) is 21.6. The van der Waals surface area contributed by atoms with Crippen molar-refractivity contribution in [3.8, 4) is 0 Å². The van der Waals surface area contributed by atoms with Gasteiger partial charge in [-0.3, -0.25) is 14.4 Å². The maximum absolute atomic E-state index is 12.1. The van der Waals surface area contributed by atoms with Gasteiger partial charge in [0.2, 0.25) is 5.91 Å². The van der Waals surface area contributed by atoms with Gasteiger partial charge in [-0.1, -0.05) is 0 Å². The summed E-state index contributed by atoms with van der Waals surface area (Å²) in [6, 6.07) is 3.28. The quantitative estimate of drug-likeness (QED) is 0.766. The fourth-order valence-corrected chi connectivity index (χ4v) is 2.72. The van der Waals surface area contributed by atoms with Crippen molar-refractivity contribution < 1.29 is 9.59 Å². The van der Waals surface area contributed by atoms with E-state index in [-0.39, 0.29) is 34.9 Å². The number of aromatic amines is 1. The molecule has 1 aliphatic rings. The molecule has 1 heterocycles. The Labute approximate surface area is 123 Å². The topological polar surface area (TPSA) is 91.1 Å². The molecule has 0 aromatic carbocycles. The molecule has 0 saturated heterocycles. The zero-order valence-corrected chi connectivity index (χ0v) is 12.4. The molecule has 0 atom stereocenters. The van der Waals surface area contributed by atoms with Crippen LogP contribution in [0, 0.1) is 12.8 Å². The summed E-state index contributed by atoms with van der Waals surface area (Å²) in [6.07, 6.45) is 3.03. The van der Waals surface area contributed by atoms with E-state index in [1.165, 1.54) is 0 Å². The van der Waals surface area contributed by atoms with Gasteiger partial charge >= 0.3 is 0 Å². The fourth-order valence-electron chi connectivity index (χ4n) is 2.72. The lowest BCUT2D eigenvalue weighted by atomic mass is 9.85. The van der Waals surface area contributed by atoms with Gasteiger partial charge in [0, 0.05) is 24.7 Å². The van der Waals surface area contributed by atoms with E-state index >= 15 is 0 Å². The summed E-state index contributed by atoms with van der Waals surface area (Å²) in [5.74, 6) is -0.250. The predicted octanol–water partition coefficient (Wildman–Crippen LogP) is 0.718. The highest BCUT2D eigenvalue weighted by Gasteiger charge is 2.27. The predicted molar refractivity (Wildman–Crippen MR) is 79.1 cm³/mol. The minimum atomic E-state index is -0.369. The molecule has 1 aromatic rings. The Morgan fingerprint density at radius 2 is 1.86 bits per heavy atom. The Hall–Kier alpha value is -2.11. The van der Waals surface area contributed by atoms with Crippen LogP contribution in [0.5, 0.6) is 0 Å². The summed E-state index contributed by atoms with van der Waals surface area (Å²) in [5.41, 5.74) is 0.489. The molecule has 21 heavy (non-hydrogen) atoms. The number of pyridine rings is 1. The molecule has 1 aliphatic carbocycles. The molecule has 3 N–H and O–H groups in total. The zero-order valence-electron chi connectivity index (χ0n) is 12.4. The Balaban J connectivity index is 1.93. The molecule has 2 rings (SSSR count). The van der Waals surface area contributed by atoms with Crippen LogP contribution in [0.15, 0.2) is 16.9 Å². The average Bonchev–Trinajstić information content (AvgIpc) is 2.47. The van der Waals surface area contributed by atoms with Crippen LogP contribution in [-0.2, 0) is 4.79 Å². The van der Waals surface area contributed by atoms with Crippen LogP contribution in [0.2, 0.25) is 0 Å². The number of hydrogen-bond acceptors (Lipinski definition) is 3. The smallest absolute Gasteiger partial charge is 0.260 e. The van der Waals surface area contributed by atoms with E-state index in [0.717, 1.165) is 31.4 Å². The maximum Gasteiger partial charge on any atom is 0.260 e. The second-order valence-corrected chi connectivity index (χ2v) is 5.52. The lowest BCUT2D eigenvalue weighted by molar-refractivity contribution is -0.125. The van der Waals surface area contributed by atoms with Gasteiger partial charge in [0.15, 0.2) is 0 Å². The van der Waals surface area contributed by atoms with Crippen LogP contribution in [0.3, 0.4) is 0 Å². The molecule has 1 fully saturated rings. The molecule has 0 bridgehead atoms. The molecular weight excluding hydrogens is 270 g/mol. The van der Waals surface area contributed by atoms with Gasteiger partial charge in [0.05, 0.1) is 0 Å². The largest absolute Gasteiger partial charge is 0.359 e. The van der Waals surface area contributed by atoms with Crippen LogP contribution in [-0.4, -0.2) is 29.9 Å². The summed E-state index contributed by atoms with van der Waals surface area (Å²) in [4.78, 5) is 38.0. The van der Waals surface area contributed by atoms with Crippen LogP contribution < -0.4 is 16.2 Å². The lowest BCUT2D eigenvalue weighted by Crippen LogP contribution is -2.41. The lowest BCUT2D eigenvalue weighted by Gasteiger charge is -2.28. The molecule has 0 spiro atoms. The number of carbonyl (C=O) groups excluding carboxylic acids is 2. The van der Waals surface area contributed by atoms with Crippen LogP contribution >= 0.6 is 0 Å². The van der Waals surface area contributed by atoms with Crippen LogP contribution in [0.1, 0.15) is 41.7 Å². The Morgan fingerprint density at radius 3 is 2.43 bits per heavy atom. The van der Waals surface area contributed by atoms with Crippen molar-refractivity contribution in [1.29, 1.82) is 0 Å². The first-order chi connectivity index (χ1) is 10.0. The molecule has 0 aliphatic heterocycles. The van der Waals surface area contributed by atoms with E-state index in [9.17, 15) is 14.4 Å². The highest BCUT2D eigenvalue weighted by molar-refractivity contribution is 5.94. The minimum Gasteiger partial charge on any atom is -0.359 e. The first kappa shape index (κ1) is 15.3. The number of hydrogen-bond donors (Lipinski definition) is 3. The monoisotopic (exact) mass is 291 g/mol. The number of carbonyl (C=O) groups is 2. The number of rotatable bonds is 3. The molecule has 6 nitrogen and oxygen atoms in total. The maximum atomic E-state index is 12.1. The average molecular weight is 291 g/mol. The van der Waals surface area contributed by atoms with E-state index in [1.807, 2.05) is 0 Å². The second-order valence-electron chi connectivity index (χ2n) is 5.52. The molecule has 2 amide bonds. The number of amides is 2. The SMILES string of the molecule is CNC(=O)C1CCC(NC(=O)c2ccc(C)[nH]c2=O)CC1. The van der Waals surface area contributed by atoms with Crippen molar-refractivity contribution in [2.45, 2.75) is 38.6 Å². The molecule has 1 saturated carbocycles. The summed E-state index contributed by atoms with van der Waals surface area (Å²) in [7, 11) is 1.64. The number of nitrogens with one attached hydrogen (secondary N) is 3. The van der Waals surface area contributed by atoms with Gasteiger partial charge in [0.1, 0.15) is 5.56 Å². The van der Waals surface area contributed by atoms with E-state index in [1.54, 1.807) is 26.1 Å². The van der Waals surface area contributed by atoms with Gasteiger partial charge in [-0.05, 0) is 44.7 Å². The van der Waals surface area contributed by atoms with E-state index < -0.39 is 0 Å². The van der Waals surface area contributed by atoms with Crippen molar-refractivity contribution in [3.05, 3.63) is 33.7 Å². The van der Waals surface area contributed by atoms with Crippen LogP contribution in [0.4, 0.5) is 0 Å². The summed E-state index contributed by atoms with van der Waals surface area (Å²) >= 11 is 0. The van der Waals surface area contributed by atoms with Crippen molar-refractivity contribution in [2.24, 2.45) is 5.92 Å². The van der Waals surface area contributed by atoms with E-state index in [2.05, 4.69) is 15.6 Å². The Morgan fingerprint density at radius 1 is 1.19 bits per heavy atom. The fraction of sp³-hybridized carbons (Fsp3) is 0.533. The Kier molecular flexibility index (Phi) is 4.77. The first-order valence-electron chi connectivity index (χ1n) is 7.23. The van der Waals surface area contributed by atoms with Gasteiger partial charge in [-0.2, -0.15) is 0 Å². The van der Waals surface area contributed by atoms with Gasteiger partial charge in [-0.15, -0.1) is 0 Å². The molecule has 6 heteroatoms. The highest BCUT2D eigenvalue weighted by atomic mass is 16.2. The third kappa shape index (κ3) is 3.71. The molecule has 0 radical (unpaired) electrons. The molecule has 0 unspecified atom stereocenters. The number of H-pyrrole nitrogens is 1. The first-order valence-corrected chi connectivity index (χ1v) is 7.23. The number of aromatic nitrogens is 1. The van der Waals surface area contributed by atoms with Crippen molar-refractivity contribution in [3.63, 3.8) is 0 Å². The zero-order chi connectivity index (χ0) is 15.4. The molecule has 1 aromatic heterocycles. The van der Waals surface area contributed by atoms with Crippen molar-refractivity contribution in [2.75, 3.05) is 7.05 Å². The summed E-state index contributed by atoms with van der Waals surface area (Å²) in [6.45, 7) is 1.77. The standard InChI is InChI=1S/C15H21N3O3/c1-9-3-8-12(14(20)17-9)15(21)18-11-6-4-10(5-7-11)13(19)16-2/h3,8,10-11H,4-7H2,1-2H3,(H,16,19)(H,17,20)(H,18,21). The second kappa shape index (κ2) is 6.56. The third-order valence-corrected chi connectivity index (χ3v) is 3.98. The van der Waals surface area contributed by atoms with E-state index in [4.69, 9.17) is 0 Å². The van der Waals surface area contributed by atoms with Gasteiger partial charge < -0.3 is 15.6 Å². The van der Waals surface area contributed by atoms with Crippen molar-refractivity contribution in [1.82, 2.24) is 15.6 Å². The highest BCUT2D eigenvalue weighted by Crippen LogP contribution is 2.24.